The maximum Gasteiger partial charge on any atom is 0.305 e. The monoisotopic (exact) mass is 238 g/mol. The van der Waals surface area contributed by atoms with E-state index in [-0.39, 0.29) is 12.6 Å². The van der Waals surface area contributed by atoms with Crippen molar-refractivity contribution in [3.8, 4) is 0 Å². The first-order valence-electron chi connectivity index (χ1n) is 6.74. The van der Waals surface area contributed by atoms with Crippen LogP contribution in [0.3, 0.4) is 0 Å². The van der Waals surface area contributed by atoms with Crippen molar-refractivity contribution in [2.24, 2.45) is 17.8 Å². The Morgan fingerprint density at radius 1 is 1.24 bits per heavy atom. The predicted molar refractivity (Wildman–Crippen MR) is 65.4 cm³/mol. The summed E-state index contributed by atoms with van der Waals surface area (Å²) in [4.78, 5) is 11.5. The molecule has 0 heterocycles. The minimum absolute atomic E-state index is 0.0744. The van der Waals surface area contributed by atoms with Crippen LogP contribution in [-0.2, 0) is 9.53 Å². The summed E-state index contributed by atoms with van der Waals surface area (Å²) in [7, 11) is 0. The Morgan fingerprint density at radius 2 is 2.12 bits per heavy atom. The summed E-state index contributed by atoms with van der Waals surface area (Å²) in [6, 6.07) is 0. The van der Waals surface area contributed by atoms with Gasteiger partial charge in [0, 0.05) is 13.0 Å². The number of aliphatic hydroxyl groups excluding tert-OH is 1. The van der Waals surface area contributed by atoms with E-state index < -0.39 is 0 Å². The highest BCUT2D eigenvalue weighted by molar-refractivity contribution is 5.69. The minimum Gasteiger partial charge on any atom is -0.465 e. The maximum atomic E-state index is 11.5. The molecular weight excluding hydrogens is 216 g/mol. The summed E-state index contributed by atoms with van der Waals surface area (Å²) < 4.78 is 5.32. The van der Waals surface area contributed by atoms with Crippen molar-refractivity contribution in [2.75, 3.05) is 13.2 Å². The van der Waals surface area contributed by atoms with E-state index >= 15 is 0 Å². The molecule has 0 radical (unpaired) electrons. The number of unbranched alkanes of at least 4 members (excludes halogenated alkanes) is 2. The van der Waals surface area contributed by atoms with Gasteiger partial charge in [0.2, 0.25) is 0 Å². The van der Waals surface area contributed by atoms with Gasteiger partial charge in [0.05, 0.1) is 6.61 Å². The van der Waals surface area contributed by atoms with E-state index in [1.165, 1.54) is 12.8 Å². The van der Waals surface area contributed by atoms with Gasteiger partial charge in [-0.3, -0.25) is 4.79 Å². The minimum atomic E-state index is -0.0744. The Bertz CT molecular complexity index is 285. The number of allylic oxidation sites excluding steroid dienone is 2. The summed E-state index contributed by atoms with van der Waals surface area (Å²) >= 11 is 0. The van der Waals surface area contributed by atoms with Crippen molar-refractivity contribution in [1.82, 2.24) is 0 Å². The molecule has 2 aliphatic carbocycles. The highest BCUT2D eigenvalue weighted by Gasteiger charge is 2.36. The molecule has 3 heteroatoms. The molecule has 0 aromatic heterocycles. The third-order valence-electron chi connectivity index (χ3n) is 3.91. The summed E-state index contributed by atoms with van der Waals surface area (Å²) in [6.07, 6.45) is 10.1. The van der Waals surface area contributed by atoms with Crippen molar-refractivity contribution in [1.29, 1.82) is 0 Å². The first-order valence-corrected chi connectivity index (χ1v) is 6.74. The van der Waals surface area contributed by atoms with Crippen LogP contribution < -0.4 is 0 Å². The number of ether oxygens (including phenoxy) is 1. The SMILES string of the molecule is O=C(CCCCCO)OCC1CC2C=CC1C2. The Hall–Kier alpha value is -0.830. The Kier molecular flexibility index (Phi) is 4.60. The van der Waals surface area contributed by atoms with Gasteiger partial charge >= 0.3 is 5.97 Å². The molecule has 0 spiro atoms. The van der Waals surface area contributed by atoms with Gasteiger partial charge in [0.1, 0.15) is 0 Å². The van der Waals surface area contributed by atoms with Gasteiger partial charge in [-0.2, -0.15) is 0 Å². The topological polar surface area (TPSA) is 46.5 Å². The first-order chi connectivity index (χ1) is 8.29. The quantitative estimate of drug-likeness (QED) is 0.420. The molecule has 96 valence electrons. The molecule has 0 saturated heterocycles. The Balaban J connectivity index is 1.56. The van der Waals surface area contributed by atoms with Crippen LogP contribution >= 0.6 is 0 Å². The van der Waals surface area contributed by atoms with E-state index in [2.05, 4.69) is 12.2 Å². The van der Waals surface area contributed by atoms with Gasteiger partial charge in [-0.1, -0.05) is 18.6 Å². The van der Waals surface area contributed by atoms with Crippen LogP contribution in [0.2, 0.25) is 0 Å². The van der Waals surface area contributed by atoms with Crippen molar-refractivity contribution in [3.05, 3.63) is 12.2 Å². The number of aliphatic hydroxyl groups is 1. The lowest BCUT2D eigenvalue weighted by molar-refractivity contribution is -0.145. The van der Waals surface area contributed by atoms with Gasteiger partial charge in [-0.05, 0) is 43.4 Å². The zero-order valence-corrected chi connectivity index (χ0v) is 10.3. The van der Waals surface area contributed by atoms with Crippen molar-refractivity contribution in [2.45, 2.75) is 38.5 Å². The summed E-state index contributed by atoms with van der Waals surface area (Å²) in [5, 5.41) is 8.62. The lowest BCUT2D eigenvalue weighted by atomic mass is 9.95. The summed E-state index contributed by atoms with van der Waals surface area (Å²) in [6.45, 7) is 0.816. The second-order valence-electron chi connectivity index (χ2n) is 5.26. The largest absolute Gasteiger partial charge is 0.465 e. The molecular formula is C14H22O3. The van der Waals surface area contributed by atoms with Gasteiger partial charge in [-0.25, -0.2) is 0 Å². The van der Waals surface area contributed by atoms with E-state index in [1.807, 2.05) is 0 Å². The van der Waals surface area contributed by atoms with Crippen LogP contribution in [0.15, 0.2) is 12.2 Å². The number of esters is 1. The average molecular weight is 238 g/mol. The van der Waals surface area contributed by atoms with Crippen LogP contribution in [0.25, 0.3) is 0 Å². The number of carbonyl (C=O) groups is 1. The van der Waals surface area contributed by atoms with Crippen molar-refractivity contribution < 1.29 is 14.6 Å². The van der Waals surface area contributed by atoms with Gasteiger partial charge in [-0.15, -0.1) is 0 Å². The molecule has 3 unspecified atom stereocenters. The summed E-state index contributed by atoms with van der Waals surface area (Å²) in [5.41, 5.74) is 0. The first kappa shape index (κ1) is 12.6. The average Bonchev–Trinajstić information content (AvgIpc) is 2.94. The maximum absolute atomic E-state index is 11.5. The number of hydrogen-bond acceptors (Lipinski definition) is 3. The van der Waals surface area contributed by atoms with Crippen LogP contribution in [0.1, 0.15) is 38.5 Å². The van der Waals surface area contributed by atoms with Crippen LogP contribution in [0.5, 0.6) is 0 Å². The van der Waals surface area contributed by atoms with Crippen LogP contribution in [0, 0.1) is 17.8 Å². The van der Waals surface area contributed by atoms with Crippen LogP contribution in [-0.4, -0.2) is 24.3 Å². The molecule has 1 fully saturated rings. The van der Waals surface area contributed by atoms with E-state index in [4.69, 9.17) is 9.84 Å². The molecule has 17 heavy (non-hydrogen) atoms. The van der Waals surface area contributed by atoms with E-state index in [9.17, 15) is 4.79 Å². The molecule has 0 aromatic rings. The molecule has 2 aliphatic rings. The van der Waals surface area contributed by atoms with E-state index in [0.717, 1.165) is 25.2 Å². The zero-order valence-electron chi connectivity index (χ0n) is 10.3. The molecule has 1 N–H and O–H groups in total. The fourth-order valence-electron chi connectivity index (χ4n) is 2.92. The molecule has 0 aromatic carbocycles. The Labute approximate surface area is 103 Å². The second-order valence-corrected chi connectivity index (χ2v) is 5.26. The highest BCUT2D eigenvalue weighted by Crippen LogP contribution is 2.43. The zero-order chi connectivity index (χ0) is 12.1. The molecule has 0 aliphatic heterocycles. The van der Waals surface area contributed by atoms with Crippen molar-refractivity contribution >= 4 is 5.97 Å². The van der Waals surface area contributed by atoms with Gasteiger partial charge in [0.15, 0.2) is 0 Å². The third kappa shape index (κ3) is 3.56. The van der Waals surface area contributed by atoms with Gasteiger partial charge in [0.25, 0.3) is 0 Å². The standard InChI is InChI=1S/C14H22O3/c15-7-3-1-2-4-14(16)17-10-13-9-11-5-6-12(13)8-11/h5-6,11-13,15H,1-4,7-10H2. The molecule has 3 atom stereocenters. The number of hydrogen-bond donors (Lipinski definition) is 1. The third-order valence-corrected chi connectivity index (χ3v) is 3.91. The second kappa shape index (κ2) is 6.20. The fraction of sp³-hybridized carbons (Fsp3) is 0.786. The molecule has 3 nitrogen and oxygen atoms in total. The highest BCUT2D eigenvalue weighted by atomic mass is 16.5. The Morgan fingerprint density at radius 3 is 2.76 bits per heavy atom. The lowest BCUT2D eigenvalue weighted by Crippen LogP contribution is -2.17. The van der Waals surface area contributed by atoms with Crippen LogP contribution in [0.4, 0.5) is 0 Å². The van der Waals surface area contributed by atoms with Gasteiger partial charge < -0.3 is 9.84 Å². The fourth-order valence-corrected chi connectivity index (χ4v) is 2.92. The number of rotatable bonds is 7. The van der Waals surface area contributed by atoms with E-state index in [0.29, 0.717) is 24.9 Å². The number of fused-ring (bicyclic) bond motifs is 2. The molecule has 2 bridgehead atoms. The lowest BCUT2D eigenvalue weighted by Gasteiger charge is -2.17. The normalized spacial score (nSPS) is 29.8. The summed E-state index contributed by atoms with van der Waals surface area (Å²) in [5.74, 6) is 1.89. The smallest absolute Gasteiger partial charge is 0.305 e. The number of carbonyl (C=O) groups excluding carboxylic acids is 1. The predicted octanol–water partition coefficient (Wildman–Crippen LogP) is 2.29. The van der Waals surface area contributed by atoms with E-state index in [1.54, 1.807) is 0 Å². The molecule has 0 amide bonds. The van der Waals surface area contributed by atoms with Crippen molar-refractivity contribution in [3.63, 3.8) is 0 Å². The molecule has 1 saturated carbocycles. The molecule has 2 rings (SSSR count).